The Morgan fingerprint density at radius 3 is 1.22 bits per heavy atom. The maximum atomic E-state index is 12.7. The lowest BCUT2D eigenvalue weighted by Gasteiger charge is -2.57. The number of fused-ring (bicyclic) bond motifs is 12. The van der Waals surface area contributed by atoms with Crippen LogP contribution in [-0.4, -0.2) is 75.7 Å². The molecular weight excluding hydrogens is 424 g/mol. The van der Waals surface area contributed by atoms with Crippen LogP contribution in [0.15, 0.2) is 22.3 Å². The van der Waals surface area contributed by atoms with Gasteiger partial charge in [0.15, 0.2) is 0 Å². The standard InChI is InChI=1S/C22H24O10/c1-21-11-7(15(31-21)9(17(23)27-3)13(21)19(25)29-5)8-12(11)22(2)14(20(26)30-6)10(16(8)32-22)18(24)28-4/h7-8,11-12,15-16H,1-6H3. The zero-order valence-corrected chi connectivity index (χ0v) is 18.5. The zero-order chi connectivity index (χ0) is 23.3. The minimum Gasteiger partial charge on any atom is -0.466 e. The van der Waals surface area contributed by atoms with Crippen molar-refractivity contribution >= 4 is 23.9 Å². The first kappa shape index (κ1) is 21.1. The fourth-order valence-corrected chi connectivity index (χ4v) is 7.11. The van der Waals surface area contributed by atoms with Gasteiger partial charge in [-0.05, 0) is 13.8 Å². The van der Waals surface area contributed by atoms with Crippen molar-refractivity contribution in [2.45, 2.75) is 37.3 Å². The molecule has 10 nitrogen and oxygen atoms in total. The van der Waals surface area contributed by atoms with E-state index in [0.717, 1.165) is 0 Å². The molecule has 0 N–H and O–H groups in total. The molecule has 4 bridgehead atoms. The maximum absolute atomic E-state index is 12.7. The van der Waals surface area contributed by atoms with E-state index in [2.05, 4.69) is 0 Å². The van der Waals surface area contributed by atoms with Gasteiger partial charge in [-0.2, -0.15) is 0 Å². The highest BCUT2D eigenvalue weighted by molar-refractivity contribution is 6.06. The number of carbonyl (C=O) groups excluding carboxylic acids is 4. The summed E-state index contributed by atoms with van der Waals surface area (Å²) >= 11 is 0. The Labute approximate surface area is 183 Å². The van der Waals surface area contributed by atoms with Gasteiger partial charge in [0.05, 0.1) is 62.9 Å². The summed E-state index contributed by atoms with van der Waals surface area (Å²) in [5.41, 5.74) is -1.69. The van der Waals surface area contributed by atoms with Gasteiger partial charge in [-0.15, -0.1) is 0 Å². The molecule has 0 aromatic carbocycles. The average Bonchev–Trinajstić information content (AvgIpc) is 3.37. The number of ether oxygens (including phenoxy) is 6. The first-order valence-electron chi connectivity index (χ1n) is 10.3. The van der Waals surface area contributed by atoms with Crippen LogP contribution in [0.1, 0.15) is 13.8 Å². The Bertz CT molecular complexity index is 957. The van der Waals surface area contributed by atoms with E-state index in [4.69, 9.17) is 28.4 Å². The Morgan fingerprint density at radius 2 is 0.938 bits per heavy atom. The highest BCUT2D eigenvalue weighted by Crippen LogP contribution is 2.76. The predicted molar refractivity (Wildman–Crippen MR) is 103 cm³/mol. The molecule has 5 rings (SSSR count). The molecule has 0 radical (unpaired) electrons. The van der Waals surface area contributed by atoms with Crippen molar-refractivity contribution in [3.8, 4) is 0 Å². The van der Waals surface area contributed by atoms with Gasteiger partial charge in [-0.1, -0.05) is 0 Å². The molecule has 1 saturated carbocycles. The Morgan fingerprint density at radius 1 is 0.625 bits per heavy atom. The molecule has 0 aromatic heterocycles. The molecule has 1 aliphatic carbocycles. The molecular formula is C22H24O10. The van der Waals surface area contributed by atoms with Crippen LogP contribution in [0.4, 0.5) is 0 Å². The van der Waals surface area contributed by atoms with E-state index in [1.165, 1.54) is 28.4 Å². The molecule has 2 saturated heterocycles. The van der Waals surface area contributed by atoms with Crippen LogP contribution in [0.2, 0.25) is 0 Å². The molecule has 8 atom stereocenters. The minimum absolute atomic E-state index is 0.139. The van der Waals surface area contributed by atoms with Crippen LogP contribution >= 0.6 is 0 Å². The lowest BCUT2D eigenvalue weighted by atomic mass is 9.42. The third-order valence-electron chi connectivity index (χ3n) is 8.07. The Hall–Kier alpha value is -2.72. The van der Waals surface area contributed by atoms with Crippen LogP contribution in [0.3, 0.4) is 0 Å². The highest BCUT2D eigenvalue weighted by atomic mass is 16.6. The van der Waals surface area contributed by atoms with E-state index >= 15 is 0 Å². The second kappa shape index (κ2) is 6.41. The largest absolute Gasteiger partial charge is 0.466 e. The molecule has 0 spiro atoms. The van der Waals surface area contributed by atoms with Crippen molar-refractivity contribution in [1.82, 2.24) is 0 Å². The first-order valence-corrected chi connectivity index (χ1v) is 10.3. The van der Waals surface area contributed by atoms with Gasteiger partial charge in [0, 0.05) is 23.7 Å². The summed E-state index contributed by atoms with van der Waals surface area (Å²) in [5.74, 6) is -3.54. The first-order chi connectivity index (χ1) is 15.1. The van der Waals surface area contributed by atoms with Crippen LogP contribution in [0.5, 0.6) is 0 Å². The lowest BCUT2D eigenvalue weighted by Crippen LogP contribution is -2.64. The lowest BCUT2D eigenvalue weighted by molar-refractivity contribution is -0.145. The summed E-state index contributed by atoms with van der Waals surface area (Å²) in [4.78, 5) is 50.7. The second-order valence-corrected chi connectivity index (χ2v) is 9.04. The summed E-state index contributed by atoms with van der Waals surface area (Å²) in [6, 6.07) is 0. The van der Waals surface area contributed by atoms with Gasteiger partial charge in [0.1, 0.15) is 11.2 Å². The van der Waals surface area contributed by atoms with E-state index in [1.54, 1.807) is 13.8 Å². The highest BCUT2D eigenvalue weighted by Gasteiger charge is 2.83. The minimum atomic E-state index is -1.13. The van der Waals surface area contributed by atoms with Crippen molar-refractivity contribution in [2.24, 2.45) is 23.7 Å². The third kappa shape index (κ3) is 2.08. The smallest absolute Gasteiger partial charge is 0.337 e. The van der Waals surface area contributed by atoms with Crippen LogP contribution in [-0.2, 0) is 47.6 Å². The summed E-state index contributed by atoms with van der Waals surface area (Å²) in [5, 5.41) is 0. The van der Waals surface area contributed by atoms with E-state index in [-0.39, 0.29) is 46.0 Å². The molecule has 5 aliphatic rings. The molecule has 10 heteroatoms. The van der Waals surface area contributed by atoms with E-state index in [1.807, 2.05) is 0 Å². The maximum Gasteiger partial charge on any atom is 0.337 e. The fraction of sp³-hybridized carbons (Fsp3) is 0.636. The van der Waals surface area contributed by atoms with Crippen LogP contribution in [0, 0.1) is 23.7 Å². The van der Waals surface area contributed by atoms with E-state index < -0.39 is 47.3 Å². The normalized spacial score (nSPS) is 42.3. The van der Waals surface area contributed by atoms with E-state index in [0.29, 0.717) is 0 Å². The number of hydrogen-bond donors (Lipinski definition) is 0. The zero-order valence-electron chi connectivity index (χ0n) is 18.5. The molecule has 3 fully saturated rings. The molecule has 4 heterocycles. The van der Waals surface area contributed by atoms with Crippen LogP contribution < -0.4 is 0 Å². The van der Waals surface area contributed by atoms with Crippen molar-refractivity contribution < 1.29 is 47.6 Å². The van der Waals surface area contributed by atoms with Gasteiger partial charge in [-0.3, -0.25) is 0 Å². The SMILES string of the molecule is COC(=O)C1=C(C(=O)OC)C2(C)OC1C1C3C4OC(C)(C(C(=O)OC)=C4C(=O)OC)C3C12. The Kier molecular flexibility index (Phi) is 4.24. The van der Waals surface area contributed by atoms with Crippen molar-refractivity contribution in [3.05, 3.63) is 22.3 Å². The van der Waals surface area contributed by atoms with Gasteiger partial charge < -0.3 is 28.4 Å². The van der Waals surface area contributed by atoms with Gasteiger partial charge in [0.2, 0.25) is 0 Å². The summed E-state index contributed by atoms with van der Waals surface area (Å²) < 4.78 is 32.4. The number of hydrogen-bond acceptors (Lipinski definition) is 10. The van der Waals surface area contributed by atoms with Crippen LogP contribution in [0.25, 0.3) is 0 Å². The molecule has 0 amide bonds. The second-order valence-electron chi connectivity index (χ2n) is 9.04. The van der Waals surface area contributed by atoms with Gasteiger partial charge >= 0.3 is 23.9 Å². The molecule has 4 aliphatic heterocycles. The summed E-state index contributed by atoms with van der Waals surface area (Å²) in [7, 11) is 4.96. The molecule has 8 unspecified atom stereocenters. The Balaban J connectivity index is 1.65. The molecule has 0 aromatic rings. The quantitative estimate of drug-likeness (QED) is 0.432. The third-order valence-corrected chi connectivity index (χ3v) is 8.07. The summed E-state index contributed by atoms with van der Waals surface area (Å²) in [6.07, 6.45) is -1.42. The van der Waals surface area contributed by atoms with Gasteiger partial charge in [-0.25, -0.2) is 19.2 Å². The molecule has 172 valence electrons. The van der Waals surface area contributed by atoms with E-state index in [9.17, 15) is 19.2 Å². The summed E-state index contributed by atoms with van der Waals surface area (Å²) in [6.45, 7) is 3.50. The monoisotopic (exact) mass is 448 g/mol. The number of rotatable bonds is 4. The van der Waals surface area contributed by atoms with Gasteiger partial charge in [0.25, 0.3) is 0 Å². The van der Waals surface area contributed by atoms with Crippen molar-refractivity contribution in [2.75, 3.05) is 28.4 Å². The average molecular weight is 448 g/mol. The molecule has 32 heavy (non-hydrogen) atoms. The predicted octanol–water partition coefficient (Wildman–Crippen LogP) is 0.0922. The number of esters is 4. The van der Waals surface area contributed by atoms with Crippen molar-refractivity contribution in [1.29, 1.82) is 0 Å². The van der Waals surface area contributed by atoms with Crippen molar-refractivity contribution in [3.63, 3.8) is 0 Å². The topological polar surface area (TPSA) is 124 Å². The number of methoxy groups -OCH3 is 4. The number of carbonyl (C=O) groups is 4. The fourth-order valence-electron chi connectivity index (χ4n) is 7.11.